The Bertz CT molecular complexity index is 1430. The quantitative estimate of drug-likeness (QED) is 0.363. The van der Waals surface area contributed by atoms with Crippen molar-refractivity contribution >= 4 is 45.3 Å². The molecule has 6 rings (SSSR count). The number of fused-ring (bicyclic) bond motifs is 3. The zero-order valence-corrected chi connectivity index (χ0v) is 23.5. The van der Waals surface area contributed by atoms with Gasteiger partial charge in [-0.2, -0.15) is 0 Å². The first-order valence-corrected chi connectivity index (χ1v) is 14.1. The number of para-hydroxylation sites is 1. The van der Waals surface area contributed by atoms with E-state index in [0.29, 0.717) is 17.4 Å². The summed E-state index contributed by atoms with van der Waals surface area (Å²) in [5, 5.41) is 4.14. The summed E-state index contributed by atoms with van der Waals surface area (Å²) in [6, 6.07) is 10.2. The van der Waals surface area contributed by atoms with Crippen molar-refractivity contribution in [2.75, 3.05) is 82.9 Å². The summed E-state index contributed by atoms with van der Waals surface area (Å²) in [7, 11) is 2.19. The van der Waals surface area contributed by atoms with Crippen LogP contribution in [-0.2, 0) is 4.74 Å². The maximum absolute atomic E-state index is 6.55. The van der Waals surface area contributed by atoms with Crippen LogP contribution >= 0.6 is 11.6 Å². The first kappa shape index (κ1) is 26.1. The van der Waals surface area contributed by atoms with E-state index >= 15 is 0 Å². The molecular formula is C29H36ClN7O2. The third-order valence-electron chi connectivity index (χ3n) is 7.72. The number of halogens is 1. The average molecular weight is 550 g/mol. The Morgan fingerprint density at radius 2 is 1.92 bits per heavy atom. The lowest BCUT2D eigenvalue weighted by Crippen LogP contribution is -2.38. The SMILES string of the molecule is Cc1cccc(Cl)c1Nc1nc2cc(OCCN3CCOCC3)c(N3CCCN(C)CC3)cc2n2cncc12. The smallest absolute Gasteiger partial charge is 0.157 e. The standard InChI is InChI=1S/C29H36ClN7O2/c1-21-5-3-6-22(30)28(21)33-29-26-19-31-20-37(26)24-18-25(36-8-4-7-34(2)9-10-36)27(17-23(24)32-29)39-16-13-35-11-14-38-15-12-35/h3,5-6,17-20H,4,7-16H2,1-2H3,(H,32,33). The van der Waals surface area contributed by atoms with Crippen molar-refractivity contribution < 1.29 is 9.47 Å². The number of ether oxygens (including phenoxy) is 2. The number of morpholine rings is 1. The highest BCUT2D eigenvalue weighted by Gasteiger charge is 2.21. The number of hydrogen-bond donors (Lipinski definition) is 1. The van der Waals surface area contributed by atoms with Crippen LogP contribution < -0.4 is 15.0 Å². The summed E-state index contributed by atoms with van der Waals surface area (Å²) in [6.45, 7) is 11.0. The summed E-state index contributed by atoms with van der Waals surface area (Å²) >= 11 is 6.55. The molecule has 2 aromatic heterocycles. The van der Waals surface area contributed by atoms with E-state index in [9.17, 15) is 0 Å². The number of imidazole rings is 1. The van der Waals surface area contributed by atoms with E-state index in [1.807, 2.05) is 37.6 Å². The van der Waals surface area contributed by atoms with Crippen molar-refractivity contribution in [1.29, 1.82) is 0 Å². The fourth-order valence-corrected chi connectivity index (χ4v) is 5.70. The Labute approximate surface area is 234 Å². The van der Waals surface area contributed by atoms with E-state index in [2.05, 4.69) is 48.6 Å². The van der Waals surface area contributed by atoms with Crippen molar-refractivity contribution in [3.05, 3.63) is 53.4 Å². The van der Waals surface area contributed by atoms with Crippen molar-refractivity contribution in [2.45, 2.75) is 13.3 Å². The second-order valence-corrected chi connectivity index (χ2v) is 10.8. The summed E-state index contributed by atoms with van der Waals surface area (Å²) < 4.78 is 14.1. The van der Waals surface area contributed by atoms with Gasteiger partial charge in [0.1, 0.15) is 17.9 Å². The van der Waals surface area contributed by atoms with E-state index in [-0.39, 0.29) is 0 Å². The number of nitrogens with one attached hydrogen (secondary N) is 1. The zero-order chi connectivity index (χ0) is 26.8. The van der Waals surface area contributed by atoms with Crippen LogP contribution in [0.4, 0.5) is 17.2 Å². The van der Waals surface area contributed by atoms with Crippen LogP contribution in [0.25, 0.3) is 16.6 Å². The number of benzene rings is 2. The lowest BCUT2D eigenvalue weighted by Gasteiger charge is -2.28. The van der Waals surface area contributed by atoms with Gasteiger partial charge in [-0.05, 0) is 44.6 Å². The van der Waals surface area contributed by atoms with Crippen molar-refractivity contribution in [3.8, 4) is 5.75 Å². The fourth-order valence-electron chi connectivity index (χ4n) is 5.43. The highest BCUT2D eigenvalue weighted by atomic mass is 35.5. The van der Waals surface area contributed by atoms with Gasteiger partial charge in [0.05, 0.1) is 53.2 Å². The Balaban J connectivity index is 1.39. The maximum atomic E-state index is 6.55. The average Bonchev–Trinajstić information content (AvgIpc) is 3.34. The lowest BCUT2D eigenvalue weighted by molar-refractivity contribution is 0.0323. The van der Waals surface area contributed by atoms with Crippen LogP contribution in [0.5, 0.6) is 5.75 Å². The van der Waals surface area contributed by atoms with E-state index in [1.165, 1.54) is 0 Å². The molecule has 2 aliphatic rings. The number of nitrogens with zero attached hydrogens (tertiary/aromatic N) is 6. The van der Waals surface area contributed by atoms with Gasteiger partial charge in [0.15, 0.2) is 5.82 Å². The predicted octanol–water partition coefficient (Wildman–Crippen LogP) is 4.44. The highest BCUT2D eigenvalue weighted by Crippen LogP contribution is 2.36. The summed E-state index contributed by atoms with van der Waals surface area (Å²) in [6.07, 6.45) is 4.80. The van der Waals surface area contributed by atoms with Crippen molar-refractivity contribution in [2.24, 2.45) is 0 Å². The van der Waals surface area contributed by atoms with Gasteiger partial charge >= 0.3 is 0 Å². The topological polar surface area (TPSA) is 70.4 Å². The van der Waals surface area contributed by atoms with Gasteiger partial charge in [0.25, 0.3) is 0 Å². The molecule has 206 valence electrons. The molecule has 2 fully saturated rings. The van der Waals surface area contributed by atoms with Crippen LogP contribution in [0.15, 0.2) is 42.9 Å². The third kappa shape index (κ3) is 5.63. The molecule has 0 saturated carbocycles. The molecule has 39 heavy (non-hydrogen) atoms. The van der Waals surface area contributed by atoms with Crippen molar-refractivity contribution in [1.82, 2.24) is 24.2 Å². The Hall–Kier alpha value is -3.11. The van der Waals surface area contributed by atoms with Crippen LogP contribution in [0.1, 0.15) is 12.0 Å². The van der Waals surface area contributed by atoms with Gasteiger partial charge in [0.2, 0.25) is 0 Å². The van der Waals surface area contributed by atoms with E-state index < -0.39 is 0 Å². The number of aromatic nitrogens is 3. The van der Waals surface area contributed by atoms with Crippen LogP contribution in [0.2, 0.25) is 5.02 Å². The van der Waals surface area contributed by atoms with E-state index in [1.54, 1.807) is 0 Å². The largest absolute Gasteiger partial charge is 0.490 e. The molecule has 0 aliphatic carbocycles. The molecule has 2 aromatic carbocycles. The summed E-state index contributed by atoms with van der Waals surface area (Å²) in [5.74, 6) is 1.58. The first-order valence-electron chi connectivity index (χ1n) is 13.7. The normalized spacial score (nSPS) is 17.6. The van der Waals surface area contributed by atoms with E-state index in [0.717, 1.165) is 105 Å². The number of anilines is 3. The molecule has 0 amide bonds. The molecule has 0 spiro atoms. The molecule has 4 heterocycles. The van der Waals surface area contributed by atoms with Gasteiger partial charge in [-0.1, -0.05) is 23.7 Å². The molecule has 0 bridgehead atoms. The summed E-state index contributed by atoms with van der Waals surface area (Å²) in [4.78, 5) is 16.8. The van der Waals surface area contributed by atoms with Crippen molar-refractivity contribution in [3.63, 3.8) is 0 Å². The lowest BCUT2D eigenvalue weighted by atomic mass is 10.2. The monoisotopic (exact) mass is 549 g/mol. The zero-order valence-electron chi connectivity index (χ0n) is 22.7. The van der Waals surface area contributed by atoms with E-state index in [4.69, 9.17) is 26.1 Å². The number of hydrogen-bond acceptors (Lipinski definition) is 8. The van der Waals surface area contributed by atoms with Gasteiger partial charge in [-0.25, -0.2) is 9.97 Å². The third-order valence-corrected chi connectivity index (χ3v) is 8.04. The molecular weight excluding hydrogens is 514 g/mol. The molecule has 4 aromatic rings. The first-order chi connectivity index (χ1) is 19.1. The molecule has 0 atom stereocenters. The second-order valence-electron chi connectivity index (χ2n) is 10.4. The minimum atomic E-state index is 0.615. The molecule has 1 N–H and O–H groups in total. The molecule has 10 heteroatoms. The molecule has 0 unspecified atom stereocenters. The van der Waals surface area contributed by atoms with Gasteiger partial charge in [-0.3, -0.25) is 9.30 Å². The number of likely N-dealkylation sites (N-methyl/N-ethyl adjacent to an activating group) is 1. The van der Waals surface area contributed by atoms with Gasteiger partial charge in [-0.15, -0.1) is 0 Å². The molecule has 0 radical (unpaired) electrons. The minimum Gasteiger partial charge on any atom is -0.490 e. The number of aryl methyl sites for hydroxylation is 1. The van der Waals surface area contributed by atoms with Crippen LogP contribution in [0.3, 0.4) is 0 Å². The fraction of sp³-hybridized carbons (Fsp3) is 0.448. The Morgan fingerprint density at radius 1 is 1.05 bits per heavy atom. The van der Waals surface area contributed by atoms with Gasteiger partial charge < -0.3 is 24.6 Å². The second kappa shape index (κ2) is 11.6. The Morgan fingerprint density at radius 3 is 2.77 bits per heavy atom. The maximum Gasteiger partial charge on any atom is 0.157 e. The summed E-state index contributed by atoms with van der Waals surface area (Å²) in [5.41, 5.74) is 5.74. The molecule has 2 saturated heterocycles. The Kier molecular flexibility index (Phi) is 7.74. The van der Waals surface area contributed by atoms with Gasteiger partial charge in [0, 0.05) is 45.3 Å². The molecule has 2 aliphatic heterocycles. The minimum absolute atomic E-state index is 0.615. The molecule has 9 nitrogen and oxygen atoms in total. The highest BCUT2D eigenvalue weighted by molar-refractivity contribution is 6.33. The van der Waals surface area contributed by atoms with Crippen LogP contribution in [0, 0.1) is 6.92 Å². The van der Waals surface area contributed by atoms with Crippen LogP contribution in [-0.4, -0.2) is 96.9 Å². The predicted molar refractivity (Wildman–Crippen MR) is 157 cm³/mol. The number of rotatable bonds is 7.